The van der Waals surface area contributed by atoms with Gasteiger partial charge in [-0.3, -0.25) is 0 Å². The van der Waals surface area contributed by atoms with Gasteiger partial charge in [-0.1, -0.05) is 60.7 Å². The van der Waals surface area contributed by atoms with E-state index in [-0.39, 0.29) is 13.2 Å². The molecule has 2 rings (SSSR count). The van der Waals surface area contributed by atoms with Gasteiger partial charge in [0.1, 0.15) is 0 Å². The highest BCUT2D eigenvalue weighted by atomic mass is 16.5. The van der Waals surface area contributed by atoms with Crippen molar-refractivity contribution in [3.8, 4) is 0 Å². The van der Waals surface area contributed by atoms with Crippen molar-refractivity contribution in [2.75, 3.05) is 13.2 Å². The van der Waals surface area contributed by atoms with Crippen LogP contribution in [-0.2, 0) is 18.0 Å². The van der Waals surface area contributed by atoms with Crippen LogP contribution in [0.3, 0.4) is 0 Å². The molecular formula is C17H22O3. The molecule has 0 heterocycles. The van der Waals surface area contributed by atoms with E-state index < -0.39 is 0 Å². The second kappa shape index (κ2) is 11.2. The van der Waals surface area contributed by atoms with Gasteiger partial charge >= 0.3 is 0 Å². The highest BCUT2D eigenvalue weighted by molar-refractivity contribution is 5.15. The third-order valence-corrected chi connectivity index (χ3v) is 2.54. The van der Waals surface area contributed by atoms with Gasteiger partial charge in [0.25, 0.3) is 0 Å². The zero-order valence-electron chi connectivity index (χ0n) is 11.6. The molecular weight excluding hydrogens is 252 g/mol. The summed E-state index contributed by atoms with van der Waals surface area (Å²) in [7, 11) is 0. The van der Waals surface area contributed by atoms with Crippen LogP contribution < -0.4 is 0 Å². The van der Waals surface area contributed by atoms with E-state index >= 15 is 0 Å². The highest BCUT2D eigenvalue weighted by Crippen LogP contribution is 2.05. The van der Waals surface area contributed by atoms with Crippen LogP contribution in [0.2, 0.25) is 0 Å². The summed E-state index contributed by atoms with van der Waals surface area (Å²) in [4.78, 5) is 0. The van der Waals surface area contributed by atoms with Gasteiger partial charge < -0.3 is 14.9 Å². The Bertz CT molecular complexity index is 387. The van der Waals surface area contributed by atoms with Gasteiger partial charge in [-0.25, -0.2) is 0 Å². The van der Waals surface area contributed by atoms with Crippen LogP contribution in [0.4, 0.5) is 0 Å². The fraction of sp³-hybridized carbons (Fsp3) is 0.294. The molecule has 0 radical (unpaired) electrons. The fourth-order valence-electron chi connectivity index (χ4n) is 1.51. The van der Waals surface area contributed by atoms with Crippen LogP contribution in [0.1, 0.15) is 17.5 Å². The average molecular weight is 274 g/mol. The van der Waals surface area contributed by atoms with Crippen LogP contribution in [0, 0.1) is 0 Å². The summed E-state index contributed by atoms with van der Waals surface area (Å²) < 4.78 is 5.61. The summed E-state index contributed by atoms with van der Waals surface area (Å²) in [5.41, 5.74) is 2.43. The molecule has 0 amide bonds. The fourth-order valence-corrected chi connectivity index (χ4v) is 1.51. The van der Waals surface area contributed by atoms with Gasteiger partial charge in [0, 0.05) is 13.2 Å². The molecule has 3 nitrogen and oxygen atoms in total. The van der Waals surface area contributed by atoms with E-state index in [1.54, 1.807) is 0 Å². The number of rotatable bonds is 6. The predicted molar refractivity (Wildman–Crippen MR) is 80.2 cm³/mol. The number of hydrogen-bond acceptors (Lipinski definition) is 3. The highest BCUT2D eigenvalue weighted by Gasteiger charge is 1.93. The minimum Gasteiger partial charge on any atom is -0.396 e. The molecule has 0 atom stereocenters. The molecule has 0 saturated carbocycles. The molecule has 2 N–H and O–H groups in total. The Kier molecular flexibility index (Phi) is 9.15. The van der Waals surface area contributed by atoms with Gasteiger partial charge in [-0.2, -0.15) is 0 Å². The van der Waals surface area contributed by atoms with Crippen molar-refractivity contribution in [3.63, 3.8) is 0 Å². The standard InChI is InChI=1S/C14H14O.C3H8O2/c1-3-7-13(8-4-1)11-15-12-14-9-5-2-6-10-14;4-2-1-3-5/h1-10H,11-12H2;4-5H,1-3H2. The Morgan fingerprint density at radius 2 is 1.05 bits per heavy atom. The summed E-state index contributed by atoms with van der Waals surface area (Å²) in [5, 5.41) is 15.8. The quantitative estimate of drug-likeness (QED) is 0.851. The molecule has 0 saturated heterocycles. The molecule has 0 spiro atoms. The number of aliphatic hydroxyl groups excluding tert-OH is 2. The molecule has 3 heteroatoms. The van der Waals surface area contributed by atoms with Crippen molar-refractivity contribution in [2.45, 2.75) is 19.6 Å². The molecule has 2 aromatic rings. The minimum atomic E-state index is 0.0938. The first-order chi connectivity index (χ1) is 9.86. The van der Waals surface area contributed by atoms with Crippen molar-refractivity contribution >= 4 is 0 Å². The second-order valence-electron chi connectivity index (χ2n) is 4.26. The maximum Gasteiger partial charge on any atom is 0.0721 e. The molecule has 0 aliphatic rings. The topological polar surface area (TPSA) is 49.7 Å². The Labute approximate surface area is 120 Å². The number of ether oxygens (including phenoxy) is 1. The smallest absolute Gasteiger partial charge is 0.0721 e. The van der Waals surface area contributed by atoms with Gasteiger partial charge in [0.15, 0.2) is 0 Å². The minimum absolute atomic E-state index is 0.0938. The van der Waals surface area contributed by atoms with E-state index in [2.05, 4.69) is 24.3 Å². The molecule has 0 fully saturated rings. The van der Waals surface area contributed by atoms with Crippen LogP contribution in [-0.4, -0.2) is 23.4 Å². The molecule has 0 unspecified atom stereocenters. The zero-order chi connectivity index (χ0) is 14.5. The van der Waals surface area contributed by atoms with Gasteiger partial charge in [0.2, 0.25) is 0 Å². The first-order valence-electron chi connectivity index (χ1n) is 6.74. The van der Waals surface area contributed by atoms with Gasteiger partial charge in [-0.05, 0) is 17.5 Å². The summed E-state index contributed by atoms with van der Waals surface area (Å²) in [6, 6.07) is 20.4. The van der Waals surface area contributed by atoms with E-state index in [9.17, 15) is 0 Å². The van der Waals surface area contributed by atoms with Gasteiger partial charge in [-0.15, -0.1) is 0 Å². The van der Waals surface area contributed by atoms with Crippen LogP contribution in [0.15, 0.2) is 60.7 Å². The number of aliphatic hydroxyl groups is 2. The zero-order valence-corrected chi connectivity index (χ0v) is 11.6. The maximum atomic E-state index is 7.91. The van der Waals surface area contributed by atoms with Crippen LogP contribution in [0.25, 0.3) is 0 Å². The lowest BCUT2D eigenvalue weighted by atomic mass is 10.2. The summed E-state index contributed by atoms with van der Waals surface area (Å²) in [6.07, 6.45) is 0.500. The van der Waals surface area contributed by atoms with Crippen molar-refractivity contribution in [1.82, 2.24) is 0 Å². The molecule has 0 aliphatic heterocycles. The predicted octanol–water partition coefficient (Wildman–Crippen LogP) is 2.76. The molecule has 0 aromatic heterocycles. The van der Waals surface area contributed by atoms with E-state index in [0.717, 1.165) is 0 Å². The Balaban J connectivity index is 0.000000347. The lowest BCUT2D eigenvalue weighted by molar-refractivity contribution is 0.107. The van der Waals surface area contributed by atoms with Crippen molar-refractivity contribution in [1.29, 1.82) is 0 Å². The Morgan fingerprint density at radius 1 is 0.650 bits per heavy atom. The van der Waals surface area contributed by atoms with Crippen LogP contribution >= 0.6 is 0 Å². The maximum absolute atomic E-state index is 7.91. The van der Waals surface area contributed by atoms with E-state index in [0.29, 0.717) is 19.6 Å². The Morgan fingerprint density at radius 3 is 1.35 bits per heavy atom. The molecule has 20 heavy (non-hydrogen) atoms. The SMILES string of the molecule is OCCCO.c1ccc(COCc2ccccc2)cc1. The third kappa shape index (κ3) is 7.69. The summed E-state index contributed by atoms with van der Waals surface area (Å²) in [5.74, 6) is 0. The monoisotopic (exact) mass is 274 g/mol. The molecule has 0 aliphatic carbocycles. The summed E-state index contributed by atoms with van der Waals surface area (Å²) >= 11 is 0. The largest absolute Gasteiger partial charge is 0.396 e. The van der Waals surface area contributed by atoms with E-state index in [1.165, 1.54) is 11.1 Å². The lowest BCUT2D eigenvalue weighted by Gasteiger charge is -2.03. The van der Waals surface area contributed by atoms with Crippen molar-refractivity contribution < 1.29 is 14.9 Å². The van der Waals surface area contributed by atoms with Crippen molar-refractivity contribution in [3.05, 3.63) is 71.8 Å². The lowest BCUT2D eigenvalue weighted by Crippen LogP contribution is -1.93. The second-order valence-corrected chi connectivity index (χ2v) is 4.26. The van der Waals surface area contributed by atoms with E-state index in [1.807, 2.05) is 36.4 Å². The summed E-state index contributed by atoms with van der Waals surface area (Å²) in [6.45, 7) is 1.54. The average Bonchev–Trinajstić information content (AvgIpc) is 2.51. The normalized spacial score (nSPS) is 9.70. The van der Waals surface area contributed by atoms with E-state index in [4.69, 9.17) is 14.9 Å². The first kappa shape index (κ1) is 16.4. The molecule has 108 valence electrons. The first-order valence-corrected chi connectivity index (χ1v) is 6.74. The number of benzene rings is 2. The van der Waals surface area contributed by atoms with Crippen LogP contribution in [0.5, 0.6) is 0 Å². The third-order valence-electron chi connectivity index (χ3n) is 2.54. The van der Waals surface area contributed by atoms with Gasteiger partial charge in [0.05, 0.1) is 13.2 Å². The molecule has 2 aromatic carbocycles. The van der Waals surface area contributed by atoms with Crippen molar-refractivity contribution in [2.24, 2.45) is 0 Å². The molecule has 0 bridgehead atoms. The number of hydrogen-bond donors (Lipinski definition) is 2. The Hall–Kier alpha value is -1.68.